The van der Waals surface area contributed by atoms with Gasteiger partial charge in [-0.3, -0.25) is 4.79 Å². The van der Waals surface area contributed by atoms with Gasteiger partial charge in [0.15, 0.2) is 0 Å². The van der Waals surface area contributed by atoms with Gasteiger partial charge in [-0.05, 0) is 67.1 Å². The van der Waals surface area contributed by atoms with Gasteiger partial charge >= 0.3 is 0 Å². The molecule has 0 aliphatic carbocycles. The maximum absolute atomic E-state index is 12.4. The van der Waals surface area contributed by atoms with E-state index in [2.05, 4.69) is 16.7 Å². The molecule has 3 aromatic carbocycles. The van der Waals surface area contributed by atoms with E-state index in [0.29, 0.717) is 29.2 Å². The summed E-state index contributed by atoms with van der Waals surface area (Å²) < 4.78 is 5.76. The third-order valence-electron chi connectivity index (χ3n) is 4.35. The standard InChI is InChI=1S/C24H20N4O2/c1-17(24(29)28-22-7-3-5-19(13-22)15-26)27-21-8-10-23(11-9-21)30-16-20-6-2-4-18(12-20)14-25/h2-13,17,27H,16H2,1H3,(H,28,29). The van der Waals surface area contributed by atoms with E-state index in [1.54, 1.807) is 43.3 Å². The lowest BCUT2D eigenvalue weighted by molar-refractivity contribution is -0.116. The zero-order chi connectivity index (χ0) is 21.3. The third kappa shape index (κ3) is 5.60. The number of rotatable bonds is 7. The van der Waals surface area contributed by atoms with E-state index in [1.165, 1.54) is 0 Å². The molecule has 1 amide bonds. The molecular formula is C24H20N4O2. The summed E-state index contributed by atoms with van der Waals surface area (Å²) in [5.74, 6) is 0.483. The number of ether oxygens (including phenoxy) is 1. The van der Waals surface area contributed by atoms with Crippen LogP contribution in [-0.4, -0.2) is 11.9 Å². The summed E-state index contributed by atoms with van der Waals surface area (Å²) in [5, 5.41) is 23.8. The first-order valence-corrected chi connectivity index (χ1v) is 9.37. The zero-order valence-corrected chi connectivity index (χ0v) is 16.4. The number of benzene rings is 3. The maximum Gasteiger partial charge on any atom is 0.246 e. The molecule has 3 aromatic rings. The minimum absolute atomic E-state index is 0.206. The second-order valence-electron chi connectivity index (χ2n) is 6.67. The first kappa shape index (κ1) is 20.4. The molecule has 0 heterocycles. The number of carbonyl (C=O) groups is 1. The molecule has 1 atom stereocenters. The summed E-state index contributed by atoms with van der Waals surface area (Å²) in [5.41, 5.74) is 3.37. The zero-order valence-electron chi connectivity index (χ0n) is 16.4. The van der Waals surface area contributed by atoms with Crippen LogP contribution in [0.3, 0.4) is 0 Å². The lowest BCUT2D eigenvalue weighted by atomic mass is 10.1. The summed E-state index contributed by atoms with van der Waals surface area (Å²) in [6.07, 6.45) is 0. The molecule has 0 saturated carbocycles. The van der Waals surface area contributed by atoms with Crippen LogP contribution in [0.4, 0.5) is 11.4 Å². The van der Waals surface area contributed by atoms with Crippen molar-refractivity contribution in [3.05, 3.63) is 89.5 Å². The summed E-state index contributed by atoms with van der Waals surface area (Å²) >= 11 is 0. The Bertz CT molecular complexity index is 1110. The van der Waals surface area contributed by atoms with Crippen LogP contribution in [0.1, 0.15) is 23.6 Å². The first-order valence-electron chi connectivity index (χ1n) is 9.37. The van der Waals surface area contributed by atoms with Crippen molar-refractivity contribution in [2.45, 2.75) is 19.6 Å². The van der Waals surface area contributed by atoms with E-state index in [4.69, 9.17) is 15.3 Å². The van der Waals surface area contributed by atoms with Crippen LogP contribution in [0.5, 0.6) is 5.75 Å². The molecule has 0 bridgehead atoms. The van der Waals surface area contributed by atoms with Crippen LogP contribution in [-0.2, 0) is 11.4 Å². The highest BCUT2D eigenvalue weighted by molar-refractivity contribution is 5.96. The molecule has 6 heteroatoms. The summed E-state index contributed by atoms with van der Waals surface area (Å²) in [7, 11) is 0. The Labute approximate surface area is 175 Å². The van der Waals surface area contributed by atoms with Crippen LogP contribution in [0, 0.1) is 22.7 Å². The van der Waals surface area contributed by atoms with Gasteiger partial charge in [0.25, 0.3) is 0 Å². The largest absolute Gasteiger partial charge is 0.489 e. The summed E-state index contributed by atoms with van der Waals surface area (Å²) in [6.45, 7) is 2.12. The number of carbonyl (C=O) groups excluding carboxylic acids is 1. The second-order valence-corrected chi connectivity index (χ2v) is 6.67. The van der Waals surface area contributed by atoms with Crippen molar-refractivity contribution in [3.8, 4) is 17.9 Å². The van der Waals surface area contributed by atoms with Gasteiger partial charge in [-0.1, -0.05) is 18.2 Å². The highest BCUT2D eigenvalue weighted by Gasteiger charge is 2.13. The smallest absolute Gasteiger partial charge is 0.246 e. The van der Waals surface area contributed by atoms with Crippen LogP contribution in [0.2, 0.25) is 0 Å². The van der Waals surface area contributed by atoms with E-state index in [0.717, 1.165) is 11.3 Å². The van der Waals surface area contributed by atoms with Gasteiger partial charge in [0.05, 0.1) is 23.3 Å². The molecule has 30 heavy (non-hydrogen) atoms. The van der Waals surface area contributed by atoms with E-state index in [-0.39, 0.29) is 5.91 Å². The molecule has 6 nitrogen and oxygen atoms in total. The average molecular weight is 396 g/mol. The fraction of sp³-hybridized carbons (Fsp3) is 0.125. The Morgan fingerprint density at radius 1 is 0.933 bits per heavy atom. The molecular weight excluding hydrogens is 376 g/mol. The molecule has 0 saturated heterocycles. The topological polar surface area (TPSA) is 97.9 Å². The lowest BCUT2D eigenvalue weighted by Crippen LogP contribution is -2.31. The van der Waals surface area contributed by atoms with E-state index in [1.807, 2.05) is 42.5 Å². The van der Waals surface area contributed by atoms with Gasteiger partial charge in [0.1, 0.15) is 18.4 Å². The molecule has 0 spiro atoms. The van der Waals surface area contributed by atoms with Crippen molar-refractivity contribution in [1.29, 1.82) is 10.5 Å². The number of hydrogen-bond acceptors (Lipinski definition) is 5. The highest BCUT2D eigenvalue weighted by atomic mass is 16.5. The lowest BCUT2D eigenvalue weighted by Gasteiger charge is -2.16. The van der Waals surface area contributed by atoms with Gasteiger partial charge in [0.2, 0.25) is 5.91 Å². The number of hydrogen-bond donors (Lipinski definition) is 2. The Balaban J connectivity index is 1.53. The predicted molar refractivity (Wildman–Crippen MR) is 115 cm³/mol. The minimum atomic E-state index is -0.476. The second kappa shape index (κ2) is 9.77. The quantitative estimate of drug-likeness (QED) is 0.615. The predicted octanol–water partition coefficient (Wildman–Crippen LogP) is 4.45. The van der Waals surface area contributed by atoms with E-state index in [9.17, 15) is 4.79 Å². The average Bonchev–Trinajstić information content (AvgIpc) is 2.78. The molecule has 2 N–H and O–H groups in total. The van der Waals surface area contributed by atoms with Crippen LogP contribution in [0.25, 0.3) is 0 Å². The number of nitrogens with zero attached hydrogens (tertiary/aromatic N) is 2. The molecule has 148 valence electrons. The highest BCUT2D eigenvalue weighted by Crippen LogP contribution is 2.18. The van der Waals surface area contributed by atoms with Crippen molar-refractivity contribution < 1.29 is 9.53 Å². The SMILES string of the molecule is CC(Nc1ccc(OCc2cccc(C#N)c2)cc1)C(=O)Nc1cccc(C#N)c1. The third-order valence-corrected chi connectivity index (χ3v) is 4.35. The van der Waals surface area contributed by atoms with Crippen molar-refractivity contribution in [2.24, 2.45) is 0 Å². The summed E-state index contributed by atoms with van der Waals surface area (Å²) in [4.78, 5) is 12.4. The Morgan fingerprint density at radius 2 is 1.60 bits per heavy atom. The van der Waals surface area contributed by atoms with Gasteiger partial charge in [-0.25, -0.2) is 0 Å². The monoisotopic (exact) mass is 396 g/mol. The van der Waals surface area contributed by atoms with Gasteiger partial charge < -0.3 is 15.4 Å². The number of anilines is 2. The first-order chi connectivity index (χ1) is 14.6. The Hall–Kier alpha value is -4.29. The van der Waals surface area contributed by atoms with Gasteiger partial charge in [0, 0.05) is 11.4 Å². The van der Waals surface area contributed by atoms with Gasteiger partial charge in [-0.15, -0.1) is 0 Å². The fourth-order valence-electron chi connectivity index (χ4n) is 2.78. The van der Waals surface area contributed by atoms with Crippen molar-refractivity contribution in [2.75, 3.05) is 10.6 Å². The molecule has 0 aliphatic heterocycles. The fourth-order valence-corrected chi connectivity index (χ4v) is 2.78. The van der Waals surface area contributed by atoms with Crippen molar-refractivity contribution in [3.63, 3.8) is 0 Å². The Kier molecular flexibility index (Phi) is 6.66. The van der Waals surface area contributed by atoms with Crippen LogP contribution in [0.15, 0.2) is 72.8 Å². The molecule has 0 fully saturated rings. The Morgan fingerprint density at radius 3 is 2.30 bits per heavy atom. The van der Waals surface area contributed by atoms with E-state index < -0.39 is 6.04 Å². The van der Waals surface area contributed by atoms with Crippen LogP contribution < -0.4 is 15.4 Å². The molecule has 0 aliphatic rings. The number of nitriles is 2. The molecule has 0 aromatic heterocycles. The van der Waals surface area contributed by atoms with Crippen molar-refractivity contribution in [1.82, 2.24) is 0 Å². The normalized spacial score (nSPS) is 10.9. The molecule has 1 unspecified atom stereocenters. The van der Waals surface area contributed by atoms with Crippen molar-refractivity contribution >= 4 is 17.3 Å². The summed E-state index contributed by atoms with van der Waals surface area (Å²) in [6, 6.07) is 25.0. The number of nitrogens with one attached hydrogen (secondary N) is 2. The van der Waals surface area contributed by atoms with E-state index >= 15 is 0 Å². The van der Waals surface area contributed by atoms with Crippen LogP contribution >= 0.6 is 0 Å². The molecule has 3 rings (SSSR count). The molecule has 0 radical (unpaired) electrons. The maximum atomic E-state index is 12.4. The van der Waals surface area contributed by atoms with Gasteiger partial charge in [-0.2, -0.15) is 10.5 Å². The minimum Gasteiger partial charge on any atom is -0.489 e. The number of amides is 1.